The first-order chi connectivity index (χ1) is 8.74. The second kappa shape index (κ2) is 4.35. The van der Waals surface area contributed by atoms with E-state index in [9.17, 15) is 0 Å². The van der Waals surface area contributed by atoms with Gasteiger partial charge in [0.2, 0.25) is 0 Å². The first-order valence-electron chi connectivity index (χ1n) is 6.03. The van der Waals surface area contributed by atoms with Crippen LogP contribution in [0.4, 0.5) is 0 Å². The third kappa shape index (κ3) is 1.93. The van der Waals surface area contributed by atoms with Crippen molar-refractivity contribution in [3.8, 4) is 17.2 Å². The fourth-order valence-electron chi connectivity index (χ4n) is 2.11. The lowest BCUT2D eigenvalue weighted by Crippen LogP contribution is -2.21. The molecule has 0 bridgehead atoms. The summed E-state index contributed by atoms with van der Waals surface area (Å²) in [6.45, 7) is 1.97. The highest BCUT2D eigenvalue weighted by molar-refractivity contribution is 5.46. The molecule has 2 aromatic rings. The molecule has 0 saturated carbocycles. The fourth-order valence-corrected chi connectivity index (χ4v) is 2.11. The zero-order valence-corrected chi connectivity index (χ0v) is 10.2. The molecule has 3 rings (SSSR count). The Kier molecular flexibility index (Phi) is 2.68. The van der Waals surface area contributed by atoms with E-state index in [0.717, 1.165) is 22.8 Å². The van der Waals surface area contributed by atoms with Gasteiger partial charge in [-0.05, 0) is 37.3 Å². The van der Waals surface area contributed by atoms with Crippen LogP contribution >= 0.6 is 0 Å². The second-order valence-electron chi connectivity index (χ2n) is 4.46. The Balaban J connectivity index is 1.88. The van der Waals surface area contributed by atoms with E-state index in [1.54, 1.807) is 0 Å². The molecule has 3 nitrogen and oxygen atoms in total. The lowest BCUT2D eigenvalue weighted by atomic mass is 10.1. The van der Waals surface area contributed by atoms with Crippen LogP contribution in [0.2, 0.25) is 0 Å². The summed E-state index contributed by atoms with van der Waals surface area (Å²) in [5, 5.41) is 0. The van der Waals surface area contributed by atoms with E-state index < -0.39 is 0 Å². The summed E-state index contributed by atoms with van der Waals surface area (Å²) in [7, 11) is 0. The molecule has 0 aliphatic carbocycles. The van der Waals surface area contributed by atoms with Crippen LogP contribution in [0, 0.1) is 0 Å². The molecule has 0 saturated heterocycles. The van der Waals surface area contributed by atoms with Gasteiger partial charge in [-0.1, -0.05) is 18.2 Å². The Hall–Kier alpha value is -2.00. The summed E-state index contributed by atoms with van der Waals surface area (Å²) in [4.78, 5) is 0. The van der Waals surface area contributed by atoms with Crippen molar-refractivity contribution in [2.24, 2.45) is 5.73 Å². The quantitative estimate of drug-likeness (QED) is 0.877. The number of ether oxygens (including phenoxy) is 2. The molecule has 92 valence electrons. The average molecular weight is 241 g/mol. The number of para-hydroxylation sites is 1. The Morgan fingerprint density at radius 2 is 1.83 bits per heavy atom. The topological polar surface area (TPSA) is 44.5 Å². The first-order valence-corrected chi connectivity index (χ1v) is 6.03. The van der Waals surface area contributed by atoms with Crippen molar-refractivity contribution in [3.63, 3.8) is 0 Å². The summed E-state index contributed by atoms with van der Waals surface area (Å²) in [5.41, 5.74) is 7.08. The SMILES string of the molecule is CC1Oc2ccc(Oc3ccccc3)cc2C1N. The third-order valence-electron chi connectivity index (χ3n) is 3.14. The largest absolute Gasteiger partial charge is 0.488 e. The Morgan fingerprint density at radius 1 is 1.06 bits per heavy atom. The van der Waals surface area contributed by atoms with Crippen LogP contribution in [0.1, 0.15) is 18.5 Å². The molecule has 0 fully saturated rings. The third-order valence-corrected chi connectivity index (χ3v) is 3.14. The van der Waals surface area contributed by atoms with Crippen LogP contribution in [-0.2, 0) is 0 Å². The van der Waals surface area contributed by atoms with Gasteiger partial charge in [-0.25, -0.2) is 0 Å². The molecule has 2 N–H and O–H groups in total. The van der Waals surface area contributed by atoms with Gasteiger partial charge in [0.25, 0.3) is 0 Å². The molecule has 2 unspecified atom stereocenters. The highest BCUT2D eigenvalue weighted by atomic mass is 16.5. The summed E-state index contributed by atoms with van der Waals surface area (Å²) in [6, 6.07) is 15.4. The maximum absolute atomic E-state index is 6.07. The lowest BCUT2D eigenvalue weighted by molar-refractivity contribution is 0.228. The highest BCUT2D eigenvalue weighted by Gasteiger charge is 2.28. The molecular weight excluding hydrogens is 226 g/mol. The van der Waals surface area contributed by atoms with Gasteiger partial charge in [-0.2, -0.15) is 0 Å². The van der Waals surface area contributed by atoms with Gasteiger partial charge in [0.1, 0.15) is 23.4 Å². The van der Waals surface area contributed by atoms with Crippen LogP contribution in [0.15, 0.2) is 48.5 Å². The van der Waals surface area contributed by atoms with Gasteiger partial charge in [-0.15, -0.1) is 0 Å². The lowest BCUT2D eigenvalue weighted by Gasteiger charge is -2.08. The fraction of sp³-hybridized carbons (Fsp3) is 0.200. The summed E-state index contributed by atoms with van der Waals surface area (Å²) in [5.74, 6) is 2.46. The summed E-state index contributed by atoms with van der Waals surface area (Å²) >= 11 is 0. The smallest absolute Gasteiger partial charge is 0.128 e. The standard InChI is InChI=1S/C15H15NO2/c1-10-15(16)13-9-12(7-8-14(13)17-10)18-11-5-3-2-4-6-11/h2-10,15H,16H2,1H3. The summed E-state index contributed by atoms with van der Waals surface area (Å²) < 4.78 is 11.4. The Bertz CT molecular complexity index is 554. The van der Waals surface area contributed by atoms with Crippen molar-refractivity contribution in [2.75, 3.05) is 0 Å². The monoisotopic (exact) mass is 241 g/mol. The van der Waals surface area contributed by atoms with Gasteiger partial charge in [-0.3, -0.25) is 0 Å². The van der Waals surface area contributed by atoms with E-state index in [4.69, 9.17) is 15.2 Å². The van der Waals surface area contributed by atoms with Gasteiger partial charge < -0.3 is 15.2 Å². The summed E-state index contributed by atoms with van der Waals surface area (Å²) in [6.07, 6.45) is 0.0203. The zero-order chi connectivity index (χ0) is 12.5. The molecule has 1 aliphatic rings. The highest BCUT2D eigenvalue weighted by Crippen LogP contribution is 2.38. The molecule has 1 heterocycles. The molecular formula is C15H15NO2. The van der Waals surface area contributed by atoms with Crippen LogP contribution in [-0.4, -0.2) is 6.10 Å². The minimum absolute atomic E-state index is 0.0203. The maximum atomic E-state index is 6.07. The van der Waals surface area contributed by atoms with Crippen LogP contribution in [0.5, 0.6) is 17.2 Å². The molecule has 0 radical (unpaired) electrons. The van der Waals surface area contributed by atoms with Crippen LogP contribution < -0.4 is 15.2 Å². The predicted molar refractivity (Wildman–Crippen MR) is 70.0 cm³/mol. The van der Waals surface area contributed by atoms with Crippen molar-refractivity contribution in [1.29, 1.82) is 0 Å². The van der Waals surface area contributed by atoms with E-state index in [1.807, 2.05) is 55.5 Å². The van der Waals surface area contributed by atoms with Crippen molar-refractivity contribution >= 4 is 0 Å². The van der Waals surface area contributed by atoms with Crippen molar-refractivity contribution in [1.82, 2.24) is 0 Å². The van der Waals surface area contributed by atoms with Crippen molar-refractivity contribution in [2.45, 2.75) is 19.1 Å². The molecule has 3 heteroatoms. The number of rotatable bonds is 2. The molecule has 1 aliphatic heterocycles. The minimum Gasteiger partial charge on any atom is -0.488 e. The van der Waals surface area contributed by atoms with E-state index in [-0.39, 0.29) is 12.1 Å². The van der Waals surface area contributed by atoms with E-state index >= 15 is 0 Å². The number of hydrogen-bond donors (Lipinski definition) is 1. The number of benzene rings is 2. The van der Waals surface area contributed by atoms with E-state index in [1.165, 1.54) is 0 Å². The molecule has 2 aromatic carbocycles. The minimum atomic E-state index is -0.0840. The maximum Gasteiger partial charge on any atom is 0.128 e. The van der Waals surface area contributed by atoms with Crippen LogP contribution in [0.3, 0.4) is 0 Å². The number of nitrogens with two attached hydrogens (primary N) is 1. The van der Waals surface area contributed by atoms with Gasteiger partial charge in [0.15, 0.2) is 0 Å². The number of hydrogen-bond acceptors (Lipinski definition) is 3. The van der Waals surface area contributed by atoms with Gasteiger partial charge >= 0.3 is 0 Å². The average Bonchev–Trinajstić information content (AvgIpc) is 2.67. The van der Waals surface area contributed by atoms with Crippen molar-refractivity contribution < 1.29 is 9.47 Å². The Labute approximate surface area is 106 Å². The molecule has 18 heavy (non-hydrogen) atoms. The first kappa shape index (κ1) is 11.1. The molecule has 2 atom stereocenters. The zero-order valence-electron chi connectivity index (χ0n) is 10.2. The predicted octanol–water partition coefficient (Wildman–Crippen LogP) is 3.26. The van der Waals surface area contributed by atoms with E-state index in [0.29, 0.717) is 0 Å². The number of fused-ring (bicyclic) bond motifs is 1. The normalized spacial score (nSPS) is 21.2. The molecule has 0 amide bonds. The van der Waals surface area contributed by atoms with Gasteiger partial charge in [0, 0.05) is 5.56 Å². The second-order valence-corrected chi connectivity index (χ2v) is 4.46. The van der Waals surface area contributed by atoms with Crippen molar-refractivity contribution in [3.05, 3.63) is 54.1 Å². The molecule has 0 aromatic heterocycles. The Morgan fingerprint density at radius 3 is 2.61 bits per heavy atom. The van der Waals surface area contributed by atoms with Gasteiger partial charge in [0.05, 0.1) is 6.04 Å². The molecule has 0 spiro atoms. The van der Waals surface area contributed by atoms with E-state index in [2.05, 4.69) is 0 Å². The van der Waals surface area contributed by atoms with Crippen LogP contribution in [0.25, 0.3) is 0 Å².